The predicted octanol–water partition coefficient (Wildman–Crippen LogP) is 7.93. The van der Waals surface area contributed by atoms with Crippen LogP contribution >= 0.6 is 15.9 Å². The smallest absolute Gasteiger partial charge is 0.159 e. The molecule has 0 unspecified atom stereocenters. The van der Waals surface area contributed by atoms with E-state index in [0.717, 1.165) is 27.1 Å². The van der Waals surface area contributed by atoms with Crippen molar-refractivity contribution in [2.24, 2.45) is 0 Å². The molecule has 0 radical (unpaired) electrons. The maximum atomic E-state index is 4.62. The van der Waals surface area contributed by atoms with E-state index in [0.29, 0.717) is 0 Å². The molecule has 150 valence electrons. The third-order valence-corrected chi connectivity index (χ3v) is 5.24. The highest BCUT2D eigenvalue weighted by Gasteiger charge is 2.04. The van der Waals surface area contributed by atoms with Gasteiger partial charge in [-0.25, -0.2) is 9.97 Å². The van der Waals surface area contributed by atoms with Crippen molar-refractivity contribution in [1.29, 1.82) is 0 Å². The van der Waals surface area contributed by atoms with E-state index in [2.05, 4.69) is 74.4 Å². The molecule has 0 spiro atoms. The lowest BCUT2D eigenvalue weighted by molar-refractivity contribution is 1.18. The Balaban J connectivity index is 0.000000166. The fourth-order valence-corrected chi connectivity index (χ4v) is 3.39. The monoisotopic (exact) mass is 464 g/mol. The second-order valence-electron chi connectivity index (χ2n) is 6.87. The maximum Gasteiger partial charge on any atom is 0.159 e. The van der Waals surface area contributed by atoms with Gasteiger partial charge in [0.15, 0.2) is 5.82 Å². The number of aromatic nitrogens is 2. The van der Waals surface area contributed by atoms with Crippen molar-refractivity contribution in [3.8, 4) is 33.8 Å². The highest BCUT2D eigenvalue weighted by atomic mass is 79.9. The Morgan fingerprint density at radius 2 is 0.935 bits per heavy atom. The van der Waals surface area contributed by atoms with Crippen molar-refractivity contribution >= 4 is 15.9 Å². The van der Waals surface area contributed by atoms with Gasteiger partial charge in [-0.05, 0) is 29.3 Å². The summed E-state index contributed by atoms with van der Waals surface area (Å²) in [7, 11) is 0. The number of nitrogens with zero attached hydrogens (tertiary/aromatic N) is 2. The van der Waals surface area contributed by atoms with Gasteiger partial charge in [0, 0.05) is 21.8 Å². The molecule has 0 saturated carbocycles. The van der Waals surface area contributed by atoms with Crippen molar-refractivity contribution in [2.45, 2.75) is 0 Å². The topological polar surface area (TPSA) is 25.8 Å². The van der Waals surface area contributed by atoms with Crippen molar-refractivity contribution in [2.75, 3.05) is 0 Å². The highest BCUT2D eigenvalue weighted by Crippen LogP contribution is 2.22. The summed E-state index contributed by atoms with van der Waals surface area (Å²) in [6.45, 7) is 0. The summed E-state index contributed by atoms with van der Waals surface area (Å²) in [6, 6.07) is 40.8. The largest absolute Gasteiger partial charge is 0.237 e. The van der Waals surface area contributed by atoms with Crippen LogP contribution in [0.4, 0.5) is 0 Å². The van der Waals surface area contributed by atoms with Crippen LogP contribution in [-0.4, -0.2) is 9.97 Å². The van der Waals surface area contributed by atoms with E-state index in [1.807, 2.05) is 72.8 Å². The zero-order valence-corrected chi connectivity index (χ0v) is 18.5. The van der Waals surface area contributed by atoms with Gasteiger partial charge >= 0.3 is 0 Å². The molecule has 0 amide bonds. The summed E-state index contributed by atoms with van der Waals surface area (Å²) >= 11 is 3.44. The molecular formula is C28H21BrN2. The molecule has 1 aromatic heterocycles. The Hall–Kier alpha value is -3.56. The zero-order valence-electron chi connectivity index (χ0n) is 16.9. The Labute approximate surface area is 191 Å². The van der Waals surface area contributed by atoms with E-state index in [-0.39, 0.29) is 0 Å². The number of hydrogen-bond donors (Lipinski definition) is 0. The van der Waals surface area contributed by atoms with E-state index < -0.39 is 0 Å². The molecule has 0 aliphatic heterocycles. The second kappa shape index (κ2) is 10.5. The van der Waals surface area contributed by atoms with Gasteiger partial charge in [-0.1, -0.05) is 119 Å². The molecular weight excluding hydrogens is 444 g/mol. The summed E-state index contributed by atoms with van der Waals surface area (Å²) in [5.41, 5.74) is 5.60. The number of halogens is 1. The summed E-state index contributed by atoms with van der Waals surface area (Å²) in [4.78, 5) is 8.95. The predicted molar refractivity (Wildman–Crippen MR) is 132 cm³/mol. The maximum absolute atomic E-state index is 4.62. The normalized spacial score (nSPS) is 10.1. The Bertz CT molecular complexity index is 1170. The lowest BCUT2D eigenvalue weighted by atomic mass is 10.1. The molecule has 0 bridgehead atoms. The molecule has 0 saturated heterocycles. The Morgan fingerprint density at radius 1 is 0.452 bits per heavy atom. The first-order valence-electron chi connectivity index (χ1n) is 10.0. The SMILES string of the molecule is Brc1ccc(-c2ccnc(-c3ccccc3)n2)cc1.c1ccc(-c2ccccc2)cc1. The summed E-state index contributed by atoms with van der Waals surface area (Å²) in [5.74, 6) is 0.751. The first kappa shape index (κ1) is 20.7. The molecule has 3 heteroatoms. The molecule has 5 rings (SSSR count). The molecule has 4 aromatic carbocycles. The van der Waals surface area contributed by atoms with Crippen LogP contribution in [0.5, 0.6) is 0 Å². The van der Waals surface area contributed by atoms with E-state index in [1.54, 1.807) is 6.20 Å². The van der Waals surface area contributed by atoms with Gasteiger partial charge < -0.3 is 0 Å². The van der Waals surface area contributed by atoms with Crippen LogP contribution in [0.25, 0.3) is 33.8 Å². The van der Waals surface area contributed by atoms with Gasteiger partial charge in [0.1, 0.15) is 0 Å². The molecule has 0 N–H and O–H groups in total. The Kier molecular flexibility index (Phi) is 6.99. The van der Waals surface area contributed by atoms with Gasteiger partial charge in [0.25, 0.3) is 0 Å². The molecule has 1 heterocycles. The van der Waals surface area contributed by atoms with Crippen molar-refractivity contribution in [3.63, 3.8) is 0 Å². The summed E-state index contributed by atoms with van der Waals surface area (Å²) in [6.07, 6.45) is 1.80. The average molecular weight is 465 g/mol. The van der Waals surface area contributed by atoms with Crippen LogP contribution in [0.3, 0.4) is 0 Å². The number of benzene rings is 4. The minimum Gasteiger partial charge on any atom is -0.237 e. The third kappa shape index (κ3) is 5.74. The Morgan fingerprint density at radius 3 is 1.45 bits per heavy atom. The summed E-state index contributed by atoms with van der Waals surface area (Å²) in [5, 5.41) is 0. The number of rotatable bonds is 3. The lowest BCUT2D eigenvalue weighted by Gasteiger charge is -2.04. The molecule has 0 aliphatic carbocycles. The quantitative estimate of drug-likeness (QED) is 0.270. The fraction of sp³-hybridized carbons (Fsp3) is 0. The van der Waals surface area contributed by atoms with Crippen LogP contribution < -0.4 is 0 Å². The van der Waals surface area contributed by atoms with Crippen molar-refractivity contribution in [3.05, 3.63) is 132 Å². The van der Waals surface area contributed by atoms with E-state index in [9.17, 15) is 0 Å². The van der Waals surface area contributed by atoms with E-state index >= 15 is 0 Å². The third-order valence-electron chi connectivity index (χ3n) is 4.71. The fourth-order valence-electron chi connectivity index (χ4n) is 3.13. The average Bonchev–Trinajstić information content (AvgIpc) is 2.87. The lowest BCUT2D eigenvalue weighted by Crippen LogP contribution is -1.91. The van der Waals surface area contributed by atoms with Gasteiger partial charge in [0.05, 0.1) is 5.69 Å². The zero-order chi connectivity index (χ0) is 21.3. The van der Waals surface area contributed by atoms with Crippen molar-refractivity contribution < 1.29 is 0 Å². The van der Waals surface area contributed by atoms with Crippen LogP contribution in [0.2, 0.25) is 0 Å². The molecule has 0 atom stereocenters. The van der Waals surface area contributed by atoms with Crippen LogP contribution in [0, 0.1) is 0 Å². The van der Waals surface area contributed by atoms with E-state index in [4.69, 9.17) is 0 Å². The molecule has 31 heavy (non-hydrogen) atoms. The molecule has 0 aliphatic rings. The molecule has 0 fully saturated rings. The van der Waals surface area contributed by atoms with Gasteiger partial charge in [-0.15, -0.1) is 0 Å². The minimum absolute atomic E-state index is 0.751. The number of hydrogen-bond acceptors (Lipinski definition) is 2. The highest BCUT2D eigenvalue weighted by molar-refractivity contribution is 9.10. The molecule has 5 aromatic rings. The standard InChI is InChI=1S/C16H11BrN2.C12H10/c17-14-8-6-12(7-9-14)15-10-11-18-16(19-15)13-4-2-1-3-5-13;1-3-7-11(8-4-1)12-9-5-2-6-10-12/h1-11H;1-10H. The van der Waals surface area contributed by atoms with Gasteiger partial charge in [0.2, 0.25) is 0 Å². The first-order chi connectivity index (χ1) is 15.3. The molecule has 2 nitrogen and oxygen atoms in total. The van der Waals surface area contributed by atoms with Crippen LogP contribution in [-0.2, 0) is 0 Å². The summed E-state index contributed by atoms with van der Waals surface area (Å²) < 4.78 is 1.06. The van der Waals surface area contributed by atoms with Crippen LogP contribution in [0.1, 0.15) is 0 Å². The first-order valence-corrected chi connectivity index (χ1v) is 10.8. The van der Waals surface area contributed by atoms with Gasteiger partial charge in [-0.3, -0.25) is 0 Å². The minimum atomic E-state index is 0.751. The van der Waals surface area contributed by atoms with Gasteiger partial charge in [-0.2, -0.15) is 0 Å². The van der Waals surface area contributed by atoms with Crippen LogP contribution in [0.15, 0.2) is 132 Å². The van der Waals surface area contributed by atoms with Crippen molar-refractivity contribution in [1.82, 2.24) is 9.97 Å². The second-order valence-corrected chi connectivity index (χ2v) is 7.79. The van der Waals surface area contributed by atoms with E-state index in [1.165, 1.54) is 11.1 Å².